The lowest BCUT2D eigenvalue weighted by atomic mass is 9.75. The van der Waals surface area contributed by atoms with Gasteiger partial charge in [0.25, 0.3) is 0 Å². The van der Waals surface area contributed by atoms with Gasteiger partial charge in [0.05, 0.1) is 12.0 Å². The van der Waals surface area contributed by atoms with E-state index in [1.54, 1.807) is 0 Å². The van der Waals surface area contributed by atoms with Crippen molar-refractivity contribution in [2.75, 3.05) is 6.61 Å². The molecule has 1 aliphatic rings. The molecule has 2 rings (SSSR count). The Bertz CT molecular complexity index is 448. The van der Waals surface area contributed by atoms with Gasteiger partial charge in [-0.3, -0.25) is 0 Å². The topological polar surface area (TPSA) is 9.23 Å². The maximum absolute atomic E-state index is 6.36. The number of benzene rings is 1. The van der Waals surface area contributed by atoms with Gasteiger partial charge in [0.2, 0.25) is 0 Å². The summed E-state index contributed by atoms with van der Waals surface area (Å²) in [6.45, 7) is 7.26. The van der Waals surface area contributed by atoms with Crippen LogP contribution in [0.5, 0.6) is 5.75 Å². The summed E-state index contributed by atoms with van der Waals surface area (Å²) in [7, 11) is 0. The highest BCUT2D eigenvalue weighted by Gasteiger charge is 2.29. The van der Waals surface area contributed by atoms with Crippen molar-refractivity contribution < 1.29 is 4.74 Å². The Morgan fingerprint density at radius 1 is 1.33 bits per heavy atom. The Morgan fingerprint density at radius 2 is 2.06 bits per heavy atom. The highest BCUT2D eigenvalue weighted by Crippen LogP contribution is 2.43. The molecule has 0 saturated heterocycles. The minimum absolute atomic E-state index is 0.124. The third-order valence-corrected chi connectivity index (χ3v) is 3.61. The average Bonchev–Trinajstić information content (AvgIpc) is 2.27. The molecule has 1 aromatic rings. The first kappa shape index (κ1) is 13.5. The Hall–Kier alpha value is -0.950. The van der Waals surface area contributed by atoms with Crippen LogP contribution in [0.25, 0.3) is 5.57 Å². The average molecular weight is 265 g/mol. The second-order valence-electron chi connectivity index (χ2n) is 5.68. The van der Waals surface area contributed by atoms with Gasteiger partial charge >= 0.3 is 0 Å². The van der Waals surface area contributed by atoms with Crippen molar-refractivity contribution in [3.8, 4) is 5.75 Å². The zero-order valence-corrected chi connectivity index (χ0v) is 12.1. The van der Waals surface area contributed by atoms with Crippen LogP contribution in [0, 0.1) is 5.41 Å². The van der Waals surface area contributed by atoms with Crippen LogP contribution in [0.3, 0.4) is 0 Å². The van der Waals surface area contributed by atoms with Gasteiger partial charge in [-0.15, -0.1) is 11.6 Å². The molecular formula is C16H21ClO. The summed E-state index contributed by atoms with van der Waals surface area (Å²) < 4.78 is 5.71. The van der Waals surface area contributed by atoms with E-state index < -0.39 is 0 Å². The van der Waals surface area contributed by atoms with Crippen LogP contribution in [-0.2, 0) is 0 Å². The molecule has 98 valence electrons. The first-order chi connectivity index (χ1) is 8.52. The predicted octanol–water partition coefficient (Wildman–Crippen LogP) is 4.90. The Balaban J connectivity index is 2.36. The maximum atomic E-state index is 6.36. The van der Waals surface area contributed by atoms with Gasteiger partial charge in [0, 0.05) is 5.56 Å². The monoisotopic (exact) mass is 264 g/mol. The Kier molecular flexibility index (Phi) is 4.01. The number of ether oxygens (including phenoxy) is 1. The van der Waals surface area contributed by atoms with E-state index in [0.717, 1.165) is 18.6 Å². The molecule has 18 heavy (non-hydrogen) atoms. The zero-order chi connectivity index (χ0) is 13.2. The molecule has 1 atom stereocenters. The van der Waals surface area contributed by atoms with Gasteiger partial charge in [-0.25, -0.2) is 0 Å². The fourth-order valence-electron chi connectivity index (χ4n) is 2.65. The molecule has 0 spiro atoms. The fraction of sp³-hybridized carbons (Fsp3) is 0.500. The van der Waals surface area contributed by atoms with Gasteiger partial charge in [-0.2, -0.15) is 0 Å². The molecule has 0 aliphatic heterocycles. The molecule has 0 fully saturated rings. The quantitative estimate of drug-likeness (QED) is 0.706. The largest absolute Gasteiger partial charge is 0.493 e. The second kappa shape index (κ2) is 5.36. The molecule has 0 aromatic heterocycles. The van der Waals surface area contributed by atoms with Crippen LogP contribution in [0.2, 0.25) is 0 Å². The molecule has 0 bridgehead atoms. The number of hydrogen-bond donors (Lipinski definition) is 0. The molecule has 1 nitrogen and oxygen atoms in total. The minimum atomic E-state index is 0.124. The fourth-order valence-corrected chi connectivity index (χ4v) is 3.22. The van der Waals surface area contributed by atoms with Crippen molar-refractivity contribution >= 4 is 17.2 Å². The summed E-state index contributed by atoms with van der Waals surface area (Å²) in [6, 6.07) is 8.23. The van der Waals surface area contributed by atoms with Gasteiger partial charge in [0.15, 0.2) is 0 Å². The SMILES string of the molecule is CCOc1ccccc1C1=CC(Cl)CC(C)(C)C1. The van der Waals surface area contributed by atoms with Gasteiger partial charge < -0.3 is 4.74 Å². The highest BCUT2D eigenvalue weighted by molar-refractivity contribution is 6.22. The number of para-hydroxylation sites is 1. The maximum Gasteiger partial charge on any atom is 0.126 e. The summed E-state index contributed by atoms with van der Waals surface area (Å²) in [5, 5.41) is 0.124. The number of allylic oxidation sites excluding steroid dienone is 2. The van der Waals surface area contributed by atoms with E-state index in [0.29, 0.717) is 6.61 Å². The van der Waals surface area contributed by atoms with Crippen LogP contribution < -0.4 is 4.74 Å². The molecule has 1 aliphatic carbocycles. The van der Waals surface area contributed by atoms with Crippen LogP contribution >= 0.6 is 11.6 Å². The lowest BCUT2D eigenvalue weighted by Crippen LogP contribution is -2.21. The van der Waals surface area contributed by atoms with Crippen molar-refractivity contribution in [3.63, 3.8) is 0 Å². The number of hydrogen-bond acceptors (Lipinski definition) is 1. The Morgan fingerprint density at radius 3 is 2.72 bits per heavy atom. The lowest BCUT2D eigenvalue weighted by molar-refractivity contribution is 0.331. The van der Waals surface area contributed by atoms with Crippen LogP contribution in [0.1, 0.15) is 39.2 Å². The zero-order valence-electron chi connectivity index (χ0n) is 11.4. The van der Waals surface area contributed by atoms with E-state index in [1.807, 2.05) is 19.1 Å². The lowest BCUT2D eigenvalue weighted by Gasteiger charge is -2.33. The summed E-state index contributed by atoms with van der Waals surface area (Å²) in [5.74, 6) is 0.966. The first-order valence-corrected chi connectivity index (χ1v) is 7.02. The minimum Gasteiger partial charge on any atom is -0.493 e. The van der Waals surface area contributed by atoms with Gasteiger partial charge in [-0.05, 0) is 36.8 Å². The van der Waals surface area contributed by atoms with Gasteiger partial charge in [-0.1, -0.05) is 38.1 Å². The molecule has 2 heteroatoms. The standard InChI is InChI=1S/C16H21ClO/c1-4-18-15-8-6-5-7-14(15)12-9-13(17)11-16(2,3)10-12/h5-9,13H,4,10-11H2,1-3H3. The molecule has 1 unspecified atom stereocenters. The molecule has 0 saturated carbocycles. The van der Waals surface area contributed by atoms with Crippen LogP contribution in [0.15, 0.2) is 30.3 Å². The van der Waals surface area contributed by atoms with Crippen molar-refractivity contribution in [2.24, 2.45) is 5.41 Å². The van der Waals surface area contributed by atoms with Crippen molar-refractivity contribution in [2.45, 2.75) is 39.0 Å². The Labute approximate surface area is 115 Å². The smallest absolute Gasteiger partial charge is 0.126 e. The van der Waals surface area contributed by atoms with E-state index in [1.165, 1.54) is 11.1 Å². The summed E-state index contributed by atoms with van der Waals surface area (Å²) in [5.41, 5.74) is 2.77. The third-order valence-electron chi connectivity index (χ3n) is 3.33. The number of alkyl halides is 1. The van der Waals surface area contributed by atoms with Crippen molar-refractivity contribution in [1.82, 2.24) is 0 Å². The predicted molar refractivity (Wildman–Crippen MR) is 78.2 cm³/mol. The van der Waals surface area contributed by atoms with E-state index in [4.69, 9.17) is 16.3 Å². The second-order valence-corrected chi connectivity index (χ2v) is 6.24. The van der Waals surface area contributed by atoms with Gasteiger partial charge in [0.1, 0.15) is 5.75 Å². The van der Waals surface area contributed by atoms with Crippen molar-refractivity contribution in [1.29, 1.82) is 0 Å². The van der Waals surface area contributed by atoms with Crippen molar-refractivity contribution in [3.05, 3.63) is 35.9 Å². The summed E-state index contributed by atoms with van der Waals surface area (Å²) >= 11 is 6.36. The summed E-state index contributed by atoms with van der Waals surface area (Å²) in [6.07, 6.45) is 4.28. The molecular weight excluding hydrogens is 244 g/mol. The van der Waals surface area contributed by atoms with E-state index in [-0.39, 0.29) is 10.8 Å². The molecule has 0 heterocycles. The molecule has 1 aromatic carbocycles. The number of halogens is 1. The molecule has 0 amide bonds. The van der Waals surface area contributed by atoms with Crippen LogP contribution in [-0.4, -0.2) is 12.0 Å². The third kappa shape index (κ3) is 3.08. The van der Waals surface area contributed by atoms with Crippen LogP contribution in [0.4, 0.5) is 0 Å². The highest BCUT2D eigenvalue weighted by atomic mass is 35.5. The first-order valence-electron chi connectivity index (χ1n) is 6.59. The summed E-state index contributed by atoms with van der Waals surface area (Å²) in [4.78, 5) is 0. The van der Waals surface area contributed by atoms with E-state index in [2.05, 4.69) is 32.1 Å². The normalized spacial score (nSPS) is 22.4. The molecule has 0 radical (unpaired) electrons. The number of rotatable bonds is 3. The van der Waals surface area contributed by atoms with E-state index in [9.17, 15) is 0 Å². The van der Waals surface area contributed by atoms with E-state index >= 15 is 0 Å². The molecule has 0 N–H and O–H groups in total.